The van der Waals surface area contributed by atoms with E-state index in [-0.39, 0.29) is 16.9 Å². The highest BCUT2D eigenvalue weighted by molar-refractivity contribution is 7.92. The predicted octanol–water partition coefficient (Wildman–Crippen LogP) is 4.62. The van der Waals surface area contributed by atoms with Crippen LogP contribution in [0.1, 0.15) is 53.5 Å². The zero-order valence-electron chi connectivity index (χ0n) is 30.1. The van der Waals surface area contributed by atoms with Crippen molar-refractivity contribution in [1.82, 2.24) is 14.7 Å². The van der Waals surface area contributed by atoms with Crippen LogP contribution in [0.5, 0.6) is 5.75 Å². The van der Waals surface area contributed by atoms with Gasteiger partial charge in [-0.15, -0.1) is 0 Å². The van der Waals surface area contributed by atoms with Crippen molar-refractivity contribution in [3.63, 3.8) is 0 Å². The van der Waals surface area contributed by atoms with E-state index in [1.165, 1.54) is 12.1 Å². The number of aromatic nitrogens is 2. The molecule has 0 saturated carbocycles. The standard InChI is InChI=1S/C37H48N8O5S/c1-25-12-13-26(36(46)41-31-21-27(37(2,3)4)22-32(35(31)49-5)42-51(6,47)48)20-34(25)44(39)24-30(38)29-23-40-45(28-10-8-7-9-11-28)33(29)14-15-43-16-18-50-19-17-43/h7-13,20-24,42H,14-19,38-39H2,1-6H3,(H,41,46)/b30-24-. The number of morpholine rings is 1. The second-order valence-electron chi connectivity index (χ2n) is 13.6. The SMILES string of the molecule is COc1c(NC(=O)c2ccc(C)c(N(N)/C=C(\N)c3cnn(-c4ccccc4)c3CCN3CCOCC3)c2)cc(C(C)(C)C)cc1NS(C)(=O)=O. The molecule has 1 aromatic heterocycles. The van der Waals surface area contributed by atoms with Crippen molar-refractivity contribution in [2.75, 3.05) is 61.3 Å². The van der Waals surface area contributed by atoms with Gasteiger partial charge in [-0.2, -0.15) is 5.10 Å². The second kappa shape index (κ2) is 15.6. The minimum atomic E-state index is -3.63. The number of hydrogen-bond donors (Lipinski definition) is 4. The Labute approximate surface area is 300 Å². The lowest BCUT2D eigenvalue weighted by atomic mass is 9.86. The molecule has 2 heterocycles. The summed E-state index contributed by atoms with van der Waals surface area (Å²) in [6.07, 6.45) is 5.15. The number of anilines is 3. The molecule has 0 atom stereocenters. The quantitative estimate of drug-likeness (QED) is 0.120. The molecule has 4 aromatic rings. The summed E-state index contributed by atoms with van der Waals surface area (Å²) in [5.74, 6) is 6.36. The Hall–Kier alpha value is -4.89. The summed E-state index contributed by atoms with van der Waals surface area (Å²) >= 11 is 0. The Balaban J connectivity index is 1.44. The van der Waals surface area contributed by atoms with Gasteiger partial charge in [0.2, 0.25) is 10.0 Å². The largest absolute Gasteiger partial charge is 0.492 e. The van der Waals surface area contributed by atoms with Gasteiger partial charge in [-0.05, 0) is 59.9 Å². The zero-order valence-corrected chi connectivity index (χ0v) is 30.9. The number of hydrogen-bond acceptors (Lipinski definition) is 10. The number of carbonyl (C=O) groups excluding carboxylic acids is 1. The Morgan fingerprint density at radius 2 is 1.76 bits per heavy atom. The summed E-state index contributed by atoms with van der Waals surface area (Å²) in [6.45, 7) is 11.8. The summed E-state index contributed by atoms with van der Waals surface area (Å²) < 4.78 is 39.9. The fraction of sp³-hybridized carbons (Fsp3) is 0.351. The van der Waals surface area contributed by atoms with Crippen LogP contribution in [0.2, 0.25) is 0 Å². The van der Waals surface area contributed by atoms with E-state index in [2.05, 4.69) is 14.9 Å². The molecule has 6 N–H and O–H groups in total. The molecule has 1 amide bonds. The zero-order chi connectivity index (χ0) is 36.9. The molecule has 0 aliphatic carbocycles. The van der Waals surface area contributed by atoms with Crippen LogP contribution < -0.4 is 31.4 Å². The number of para-hydroxylation sites is 1. The molecule has 0 bridgehead atoms. The molecule has 0 unspecified atom stereocenters. The molecule has 272 valence electrons. The van der Waals surface area contributed by atoms with E-state index >= 15 is 0 Å². The first-order valence-electron chi connectivity index (χ1n) is 16.7. The topological polar surface area (TPSA) is 170 Å². The highest BCUT2D eigenvalue weighted by atomic mass is 32.2. The van der Waals surface area contributed by atoms with Crippen molar-refractivity contribution in [2.24, 2.45) is 11.6 Å². The summed E-state index contributed by atoms with van der Waals surface area (Å²) in [7, 11) is -2.22. The molecule has 1 saturated heterocycles. The normalized spacial score (nSPS) is 14.3. The van der Waals surface area contributed by atoms with Crippen LogP contribution in [0.4, 0.5) is 17.1 Å². The Morgan fingerprint density at radius 1 is 1.08 bits per heavy atom. The van der Waals surface area contributed by atoms with Crippen LogP contribution in [0.25, 0.3) is 11.4 Å². The molecule has 1 aliphatic heterocycles. The van der Waals surface area contributed by atoms with Gasteiger partial charge in [-0.3, -0.25) is 19.4 Å². The molecule has 51 heavy (non-hydrogen) atoms. The third-order valence-electron chi connectivity index (χ3n) is 8.68. The van der Waals surface area contributed by atoms with Crippen molar-refractivity contribution >= 4 is 38.7 Å². The number of carbonyl (C=O) groups is 1. The van der Waals surface area contributed by atoms with Gasteiger partial charge in [0, 0.05) is 43.4 Å². The summed E-state index contributed by atoms with van der Waals surface area (Å²) in [4.78, 5) is 16.1. The van der Waals surface area contributed by atoms with E-state index in [1.54, 1.807) is 42.7 Å². The van der Waals surface area contributed by atoms with Crippen molar-refractivity contribution < 1.29 is 22.7 Å². The Bertz CT molecular complexity index is 2000. The first-order chi connectivity index (χ1) is 24.1. The summed E-state index contributed by atoms with van der Waals surface area (Å²) in [5.41, 5.74) is 12.5. The number of hydrazine groups is 1. The van der Waals surface area contributed by atoms with E-state index < -0.39 is 15.9 Å². The van der Waals surface area contributed by atoms with Gasteiger partial charge in [-0.25, -0.2) is 18.9 Å². The van der Waals surface area contributed by atoms with E-state index in [1.807, 2.05) is 62.7 Å². The van der Waals surface area contributed by atoms with Gasteiger partial charge in [-0.1, -0.05) is 45.0 Å². The predicted molar refractivity (Wildman–Crippen MR) is 203 cm³/mol. The van der Waals surface area contributed by atoms with Gasteiger partial charge < -0.3 is 20.5 Å². The molecule has 5 rings (SSSR count). The number of rotatable bonds is 12. The maximum Gasteiger partial charge on any atom is 0.255 e. The van der Waals surface area contributed by atoms with E-state index in [0.717, 1.165) is 54.0 Å². The smallest absolute Gasteiger partial charge is 0.255 e. The van der Waals surface area contributed by atoms with Crippen LogP contribution in [-0.4, -0.2) is 75.2 Å². The number of aryl methyl sites for hydroxylation is 1. The van der Waals surface area contributed by atoms with E-state index in [4.69, 9.17) is 26.1 Å². The fourth-order valence-corrected chi connectivity index (χ4v) is 6.45. The maximum atomic E-state index is 13.7. The summed E-state index contributed by atoms with van der Waals surface area (Å²) in [6, 6.07) is 18.6. The molecular weight excluding hydrogens is 669 g/mol. The van der Waals surface area contributed by atoms with Crippen LogP contribution in [0.3, 0.4) is 0 Å². The molecular formula is C37H48N8O5S. The third kappa shape index (κ3) is 9.27. The first-order valence-corrected chi connectivity index (χ1v) is 18.6. The lowest BCUT2D eigenvalue weighted by Crippen LogP contribution is -2.37. The van der Waals surface area contributed by atoms with Crippen LogP contribution in [-0.2, 0) is 26.6 Å². The molecule has 14 heteroatoms. The van der Waals surface area contributed by atoms with E-state index in [9.17, 15) is 13.2 Å². The van der Waals surface area contributed by atoms with Gasteiger partial charge in [0.15, 0.2) is 5.75 Å². The highest BCUT2D eigenvalue weighted by Gasteiger charge is 2.23. The Morgan fingerprint density at radius 3 is 2.41 bits per heavy atom. The minimum Gasteiger partial charge on any atom is -0.492 e. The number of nitrogens with zero attached hydrogens (tertiary/aromatic N) is 4. The average molecular weight is 717 g/mol. The van der Waals surface area contributed by atoms with Gasteiger partial charge in [0.25, 0.3) is 5.91 Å². The minimum absolute atomic E-state index is 0.186. The van der Waals surface area contributed by atoms with Crippen LogP contribution >= 0.6 is 0 Å². The van der Waals surface area contributed by atoms with E-state index in [0.29, 0.717) is 42.3 Å². The van der Waals surface area contributed by atoms with Crippen molar-refractivity contribution in [1.29, 1.82) is 0 Å². The number of nitrogens with two attached hydrogens (primary N) is 2. The van der Waals surface area contributed by atoms with Gasteiger partial charge in [0.1, 0.15) is 0 Å². The highest BCUT2D eigenvalue weighted by Crippen LogP contribution is 2.39. The number of methoxy groups -OCH3 is 1. The number of nitrogens with one attached hydrogen (secondary N) is 2. The third-order valence-corrected chi connectivity index (χ3v) is 9.27. The summed E-state index contributed by atoms with van der Waals surface area (Å²) in [5, 5.41) is 9.02. The molecule has 1 aliphatic rings. The van der Waals surface area contributed by atoms with Crippen molar-refractivity contribution in [3.8, 4) is 11.4 Å². The first kappa shape index (κ1) is 37.4. The van der Waals surface area contributed by atoms with Gasteiger partial charge >= 0.3 is 0 Å². The lowest BCUT2D eigenvalue weighted by Gasteiger charge is -2.26. The van der Waals surface area contributed by atoms with Crippen LogP contribution in [0, 0.1) is 6.92 Å². The average Bonchev–Trinajstić information content (AvgIpc) is 3.51. The molecule has 0 radical (unpaired) electrons. The van der Waals surface area contributed by atoms with Gasteiger partial charge in [0.05, 0.1) is 66.9 Å². The molecule has 0 spiro atoms. The molecule has 13 nitrogen and oxygen atoms in total. The lowest BCUT2D eigenvalue weighted by molar-refractivity contribution is 0.0383. The monoisotopic (exact) mass is 716 g/mol. The molecule has 1 fully saturated rings. The number of amides is 1. The number of ether oxygens (including phenoxy) is 2. The van der Waals surface area contributed by atoms with Crippen molar-refractivity contribution in [3.05, 3.63) is 101 Å². The fourth-order valence-electron chi connectivity index (χ4n) is 5.90. The van der Waals surface area contributed by atoms with Crippen LogP contribution in [0.15, 0.2) is 73.1 Å². The number of sulfonamides is 1. The van der Waals surface area contributed by atoms with Crippen molar-refractivity contribution in [2.45, 2.75) is 39.5 Å². The molecule has 3 aromatic carbocycles. The Kier molecular flexibility index (Phi) is 11.4. The second-order valence-corrected chi connectivity index (χ2v) is 15.4. The maximum absolute atomic E-state index is 13.7. The number of benzene rings is 3.